The van der Waals surface area contributed by atoms with E-state index in [1.165, 1.54) is 46.3 Å². The van der Waals surface area contributed by atoms with E-state index >= 15 is 0 Å². The van der Waals surface area contributed by atoms with E-state index in [9.17, 15) is 27.1 Å². The normalized spacial score (nSPS) is 15.8. The van der Waals surface area contributed by atoms with E-state index < -0.39 is 39.7 Å². The summed E-state index contributed by atoms with van der Waals surface area (Å²) >= 11 is 0. The Labute approximate surface area is 253 Å². The van der Waals surface area contributed by atoms with Gasteiger partial charge in [-0.2, -0.15) is 4.31 Å². The average molecular weight is 614 g/mol. The maximum Gasteiger partial charge on any atom is 0.251 e. The summed E-state index contributed by atoms with van der Waals surface area (Å²) in [6, 6.07) is 15.9. The van der Waals surface area contributed by atoms with E-state index in [0.717, 1.165) is 50.2 Å². The molecule has 1 aliphatic carbocycles. The van der Waals surface area contributed by atoms with Crippen LogP contribution in [0.5, 0.6) is 0 Å². The lowest BCUT2D eigenvalue weighted by Crippen LogP contribution is -2.48. The van der Waals surface area contributed by atoms with Crippen LogP contribution in [0.3, 0.4) is 0 Å². The fourth-order valence-electron chi connectivity index (χ4n) is 5.57. The first-order valence-electron chi connectivity index (χ1n) is 14.9. The molecule has 0 saturated heterocycles. The van der Waals surface area contributed by atoms with Crippen molar-refractivity contribution in [2.45, 2.75) is 81.5 Å². The van der Waals surface area contributed by atoms with Gasteiger partial charge in [0.15, 0.2) is 0 Å². The third-order valence-electron chi connectivity index (χ3n) is 8.12. The van der Waals surface area contributed by atoms with Crippen molar-refractivity contribution < 1.29 is 27.1 Å². The molecule has 0 heterocycles. The van der Waals surface area contributed by atoms with Gasteiger partial charge in [0.25, 0.3) is 5.91 Å². The van der Waals surface area contributed by atoms with Crippen LogP contribution in [0.15, 0.2) is 71.6 Å². The summed E-state index contributed by atoms with van der Waals surface area (Å²) in [5, 5.41) is 17.1. The van der Waals surface area contributed by atoms with Crippen molar-refractivity contribution in [3.63, 3.8) is 0 Å². The van der Waals surface area contributed by atoms with Crippen LogP contribution < -0.4 is 10.6 Å². The second kappa shape index (κ2) is 15.0. The molecule has 0 bridgehead atoms. The molecule has 3 aromatic carbocycles. The molecular weight excluding hydrogens is 572 g/mol. The number of halogens is 2. The van der Waals surface area contributed by atoms with Gasteiger partial charge in [0.2, 0.25) is 10.0 Å². The number of aliphatic hydroxyl groups is 1. The van der Waals surface area contributed by atoms with Crippen molar-refractivity contribution in [1.29, 1.82) is 0 Å². The van der Waals surface area contributed by atoms with Gasteiger partial charge in [0.05, 0.1) is 17.0 Å². The van der Waals surface area contributed by atoms with Gasteiger partial charge in [-0.1, -0.05) is 50.5 Å². The zero-order valence-electron chi connectivity index (χ0n) is 24.7. The minimum atomic E-state index is -3.72. The van der Waals surface area contributed by atoms with Gasteiger partial charge in [0, 0.05) is 37.8 Å². The van der Waals surface area contributed by atoms with Crippen molar-refractivity contribution in [3.8, 4) is 0 Å². The summed E-state index contributed by atoms with van der Waals surface area (Å²) in [4.78, 5) is 13.3. The van der Waals surface area contributed by atoms with Gasteiger partial charge < -0.3 is 15.7 Å². The number of carbonyl (C=O) groups excluding carboxylic acids is 1. The lowest BCUT2D eigenvalue weighted by molar-refractivity contribution is 0.0829. The molecule has 7 nitrogen and oxygen atoms in total. The maximum absolute atomic E-state index is 13.9. The molecule has 0 spiro atoms. The van der Waals surface area contributed by atoms with Crippen LogP contribution in [-0.4, -0.2) is 55.5 Å². The first-order valence-corrected chi connectivity index (χ1v) is 16.3. The Kier molecular flexibility index (Phi) is 11.4. The van der Waals surface area contributed by atoms with Gasteiger partial charge in [0.1, 0.15) is 11.6 Å². The molecule has 2 atom stereocenters. The van der Waals surface area contributed by atoms with Gasteiger partial charge in [-0.3, -0.25) is 4.79 Å². The third-order valence-corrected chi connectivity index (χ3v) is 10.0. The number of nitrogens with one attached hydrogen (secondary N) is 2. The van der Waals surface area contributed by atoms with Crippen LogP contribution in [0.4, 0.5) is 8.78 Å². The number of carbonyl (C=O) groups is 1. The number of aryl methyl sites for hydroxylation is 1. The zero-order valence-corrected chi connectivity index (χ0v) is 25.5. The number of hydrogen-bond donors (Lipinski definition) is 3. The molecule has 1 aliphatic rings. The highest BCUT2D eigenvalue weighted by atomic mass is 32.2. The number of nitrogens with zero attached hydrogens (tertiary/aromatic N) is 1. The van der Waals surface area contributed by atoms with Gasteiger partial charge in [-0.15, -0.1) is 0 Å². The predicted octanol–water partition coefficient (Wildman–Crippen LogP) is 4.97. The molecule has 2 unspecified atom stereocenters. The van der Waals surface area contributed by atoms with Gasteiger partial charge in [-0.25, -0.2) is 17.2 Å². The van der Waals surface area contributed by atoms with E-state index in [-0.39, 0.29) is 35.0 Å². The standard InChI is InChI=1S/C33H41F2N3O4S/c1-3-23-8-7-9-24(16-23)21-36-22-32(39)31(19-25-17-27(34)20-28(35)18-25)37-33(40)26-12-14-30(15-13-26)43(41,42)38(2)29-10-5-4-6-11-29/h7-9,12-18,20,29,31-32,36,39H,3-6,10-11,19,21-22H2,1-2H3,(H,37,40). The van der Waals surface area contributed by atoms with Gasteiger partial charge >= 0.3 is 0 Å². The molecule has 3 N–H and O–H groups in total. The van der Waals surface area contributed by atoms with Crippen LogP contribution in [0.2, 0.25) is 0 Å². The van der Waals surface area contributed by atoms with Crippen LogP contribution in [0.25, 0.3) is 0 Å². The second-order valence-corrected chi connectivity index (χ2v) is 13.3. The molecule has 0 radical (unpaired) electrons. The Morgan fingerprint density at radius 1 is 0.953 bits per heavy atom. The Balaban J connectivity index is 1.45. The maximum atomic E-state index is 13.9. The van der Waals surface area contributed by atoms with Crippen molar-refractivity contribution in [2.75, 3.05) is 13.6 Å². The van der Waals surface area contributed by atoms with Crippen molar-refractivity contribution >= 4 is 15.9 Å². The Bertz CT molecular complexity index is 1460. The number of sulfonamides is 1. The number of hydrogen-bond acceptors (Lipinski definition) is 5. The molecule has 3 aromatic rings. The number of aliphatic hydroxyl groups excluding tert-OH is 1. The molecule has 43 heavy (non-hydrogen) atoms. The molecule has 1 saturated carbocycles. The first kappa shape index (κ1) is 32.7. The lowest BCUT2D eigenvalue weighted by Gasteiger charge is -2.30. The fourth-order valence-corrected chi connectivity index (χ4v) is 6.99. The summed E-state index contributed by atoms with van der Waals surface area (Å²) in [7, 11) is -2.12. The Morgan fingerprint density at radius 2 is 1.60 bits per heavy atom. The molecule has 1 amide bonds. The van der Waals surface area contributed by atoms with E-state index in [1.807, 2.05) is 18.2 Å². The van der Waals surface area contributed by atoms with E-state index in [4.69, 9.17) is 0 Å². The summed E-state index contributed by atoms with van der Waals surface area (Å²) in [5.41, 5.74) is 2.72. The topological polar surface area (TPSA) is 98.7 Å². The summed E-state index contributed by atoms with van der Waals surface area (Å²) in [5.74, 6) is -2.04. The molecular formula is C33H41F2N3O4S. The number of amides is 1. The third kappa shape index (κ3) is 8.92. The molecule has 232 valence electrons. The molecule has 1 fully saturated rings. The van der Waals surface area contributed by atoms with Crippen LogP contribution >= 0.6 is 0 Å². The zero-order chi connectivity index (χ0) is 31.0. The van der Waals surface area contributed by atoms with E-state index in [1.54, 1.807) is 7.05 Å². The number of benzene rings is 3. The highest BCUT2D eigenvalue weighted by Gasteiger charge is 2.29. The fraction of sp³-hybridized carbons (Fsp3) is 0.424. The van der Waals surface area contributed by atoms with Crippen molar-refractivity contribution in [3.05, 3.63) is 101 Å². The SMILES string of the molecule is CCc1cccc(CNCC(O)C(Cc2cc(F)cc(F)c2)NC(=O)c2ccc(S(=O)(=O)N(C)C3CCCCC3)cc2)c1. The predicted molar refractivity (Wildman–Crippen MR) is 163 cm³/mol. The van der Waals surface area contributed by atoms with Crippen LogP contribution in [-0.2, 0) is 29.4 Å². The smallest absolute Gasteiger partial charge is 0.251 e. The minimum absolute atomic E-state index is 0.0206. The van der Waals surface area contributed by atoms with E-state index in [2.05, 4.69) is 23.6 Å². The van der Waals surface area contributed by atoms with E-state index in [0.29, 0.717) is 6.54 Å². The lowest BCUT2D eigenvalue weighted by atomic mass is 9.96. The monoisotopic (exact) mass is 613 g/mol. The van der Waals surface area contributed by atoms with Gasteiger partial charge in [-0.05, 0) is 78.8 Å². The van der Waals surface area contributed by atoms with Crippen LogP contribution in [0.1, 0.15) is 66.1 Å². The van der Waals surface area contributed by atoms with Crippen LogP contribution in [0, 0.1) is 11.6 Å². The summed E-state index contributed by atoms with van der Waals surface area (Å²) in [6.07, 6.45) is 4.56. The number of rotatable bonds is 13. The Hall–Kier alpha value is -3.18. The highest BCUT2D eigenvalue weighted by molar-refractivity contribution is 7.89. The second-order valence-electron chi connectivity index (χ2n) is 11.3. The van der Waals surface area contributed by atoms with Crippen molar-refractivity contribution in [1.82, 2.24) is 14.9 Å². The highest BCUT2D eigenvalue weighted by Crippen LogP contribution is 2.26. The van der Waals surface area contributed by atoms with Crippen molar-refractivity contribution in [2.24, 2.45) is 0 Å². The quantitative estimate of drug-likeness (QED) is 0.253. The first-order chi connectivity index (χ1) is 20.6. The molecule has 0 aromatic heterocycles. The molecule has 10 heteroatoms. The summed E-state index contributed by atoms with van der Waals surface area (Å²) < 4.78 is 55.7. The summed E-state index contributed by atoms with van der Waals surface area (Å²) in [6.45, 7) is 2.68. The largest absolute Gasteiger partial charge is 0.390 e. The Morgan fingerprint density at radius 3 is 2.26 bits per heavy atom. The molecule has 0 aliphatic heterocycles. The molecule has 4 rings (SSSR count). The average Bonchev–Trinajstić information content (AvgIpc) is 3.00. The minimum Gasteiger partial charge on any atom is -0.390 e.